The first-order chi connectivity index (χ1) is 16.2. The van der Waals surface area contributed by atoms with Gasteiger partial charge in [0.15, 0.2) is 5.11 Å². The highest BCUT2D eigenvalue weighted by Crippen LogP contribution is 2.42. The lowest BCUT2D eigenvalue weighted by Gasteiger charge is -2.29. The number of ether oxygens (including phenoxy) is 2. The fourth-order valence-corrected chi connectivity index (χ4v) is 4.65. The van der Waals surface area contributed by atoms with E-state index >= 15 is 0 Å². The topological polar surface area (TPSA) is 51.5 Å². The van der Waals surface area contributed by atoms with Crippen LogP contribution in [0.25, 0.3) is 5.69 Å². The standard InChI is InChI=1S/C26H24N4O2S/c1-31-20-13-11-18(12-14-20)30-25(24(28-26(30)33)22-9-3-4-15-27-22)23-10-6-16-29(23)19-7-5-8-21(17-19)32-2/h3-17,24-25H,1-2H3,(H,28,33). The van der Waals surface area contributed by atoms with Gasteiger partial charge in [-0.25, -0.2) is 0 Å². The van der Waals surface area contributed by atoms with Gasteiger partial charge in [-0.1, -0.05) is 12.1 Å². The van der Waals surface area contributed by atoms with Crippen molar-refractivity contribution >= 4 is 23.0 Å². The minimum absolute atomic E-state index is 0.123. The number of rotatable bonds is 6. The summed E-state index contributed by atoms with van der Waals surface area (Å²) in [5, 5.41) is 4.16. The molecule has 0 bridgehead atoms. The second-order valence-electron chi connectivity index (χ2n) is 7.70. The molecule has 2 atom stereocenters. The molecule has 166 valence electrons. The van der Waals surface area contributed by atoms with E-state index in [4.69, 9.17) is 21.7 Å². The highest BCUT2D eigenvalue weighted by Gasteiger charge is 2.42. The molecule has 1 fully saturated rings. The van der Waals surface area contributed by atoms with E-state index in [2.05, 4.69) is 44.2 Å². The van der Waals surface area contributed by atoms with Gasteiger partial charge in [0.25, 0.3) is 0 Å². The average molecular weight is 457 g/mol. The molecule has 0 spiro atoms. The first kappa shape index (κ1) is 21.0. The Morgan fingerprint density at radius 2 is 1.67 bits per heavy atom. The molecule has 2 unspecified atom stereocenters. The Morgan fingerprint density at radius 3 is 2.39 bits per heavy atom. The van der Waals surface area contributed by atoms with Crippen molar-refractivity contribution in [2.24, 2.45) is 0 Å². The molecule has 4 aromatic rings. The first-order valence-corrected chi connectivity index (χ1v) is 11.1. The maximum Gasteiger partial charge on any atom is 0.174 e. The lowest BCUT2D eigenvalue weighted by atomic mass is 10.0. The zero-order chi connectivity index (χ0) is 22.8. The maximum atomic E-state index is 5.84. The third-order valence-electron chi connectivity index (χ3n) is 5.86. The van der Waals surface area contributed by atoms with Crippen LogP contribution < -0.4 is 19.7 Å². The monoisotopic (exact) mass is 456 g/mol. The van der Waals surface area contributed by atoms with Crippen LogP contribution in [-0.4, -0.2) is 28.9 Å². The van der Waals surface area contributed by atoms with E-state index < -0.39 is 0 Å². The molecule has 6 nitrogen and oxygen atoms in total. The summed E-state index contributed by atoms with van der Waals surface area (Å²) in [6.45, 7) is 0. The quantitative estimate of drug-likeness (QED) is 0.409. The van der Waals surface area contributed by atoms with Gasteiger partial charge in [-0.05, 0) is 72.9 Å². The van der Waals surface area contributed by atoms with Crippen molar-refractivity contribution in [1.29, 1.82) is 0 Å². The molecule has 0 aliphatic carbocycles. The number of pyridine rings is 1. The number of nitrogens with zero attached hydrogens (tertiary/aromatic N) is 3. The van der Waals surface area contributed by atoms with Crippen molar-refractivity contribution in [3.63, 3.8) is 0 Å². The fraction of sp³-hybridized carbons (Fsp3) is 0.154. The van der Waals surface area contributed by atoms with Gasteiger partial charge in [-0.15, -0.1) is 0 Å². The molecule has 33 heavy (non-hydrogen) atoms. The number of methoxy groups -OCH3 is 2. The Morgan fingerprint density at radius 1 is 0.848 bits per heavy atom. The number of benzene rings is 2. The molecule has 0 saturated carbocycles. The smallest absolute Gasteiger partial charge is 0.174 e. The summed E-state index contributed by atoms with van der Waals surface area (Å²) in [5.74, 6) is 1.61. The Labute approximate surface area is 198 Å². The first-order valence-electron chi connectivity index (χ1n) is 10.7. The number of thiocarbonyl (C=S) groups is 1. The molecule has 3 heterocycles. The lowest BCUT2D eigenvalue weighted by molar-refractivity contribution is 0.414. The summed E-state index contributed by atoms with van der Waals surface area (Å²) >= 11 is 5.84. The van der Waals surface area contributed by atoms with Crippen LogP contribution in [0.3, 0.4) is 0 Å². The average Bonchev–Trinajstić information content (AvgIpc) is 3.49. The predicted octanol–water partition coefficient (Wildman–Crippen LogP) is 5.07. The Kier molecular flexibility index (Phi) is 5.71. The molecule has 1 aliphatic rings. The molecule has 1 aliphatic heterocycles. The number of nitrogens with one attached hydrogen (secondary N) is 1. The summed E-state index contributed by atoms with van der Waals surface area (Å²) < 4.78 is 13.0. The number of hydrogen-bond acceptors (Lipinski definition) is 4. The zero-order valence-electron chi connectivity index (χ0n) is 18.4. The second kappa shape index (κ2) is 8.96. The Hall–Kier alpha value is -3.84. The predicted molar refractivity (Wildman–Crippen MR) is 133 cm³/mol. The minimum Gasteiger partial charge on any atom is -0.497 e. The highest BCUT2D eigenvalue weighted by atomic mass is 32.1. The molecule has 0 amide bonds. The van der Waals surface area contributed by atoms with Crippen molar-refractivity contribution in [3.8, 4) is 17.2 Å². The molecule has 1 N–H and O–H groups in total. The Balaban J connectivity index is 1.64. The normalized spacial score (nSPS) is 17.6. The molecule has 2 aromatic carbocycles. The van der Waals surface area contributed by atoms with Crippen molar-refractivity contribution in [3.05, 3.63) is 103 Å². The van der Waals surface area contributed by atoms with E-state index in [1.165, 1.54) is 0 Å². The van der Waals surface area contributed by atoms with Crippen LogP contribution in [0.4, 0.5) is 5.69 Å². The largest absolute Gasteiger partial charge is 0.497 e. The van der Waals surface area contributed by atoms with Gasteiger partial charge in [0.1, 0.15) is 17.5 Å². The fourth-order valence-electron chi connectivity index (χ4n) is 4.31. The molecular weight excluding hydrogens is 432 g/mol. The van der Waals surface area contributed by atoms with E-state index in [-0.39, 0.29) is 12.1 Å². The second-order valence-corrected chi connectivity index (χ2v) is 8.09. The van der Waals surface area contributed by atoms with Crippen LogP contribution in [-0.2, 0) is 0 Å². The van der Waals surface area contributed by atoms with Gasteiger partial charge in [0.2, 0.25) is 0 Å². The summed E-state index contributed by atoms with van der Waals surface area (Å²) in [4.78, 5) is 6.80. The zero-order valence-corrected chi connectivity index (χ0v) is 19.2. The Bertz CT molecular complexity index is 1260. The van der Waals surface area contributed by atoms with Gasteiger partial charge >= 0.3 is 0 Å². The minimum atomic E-state index is -0.125. The van der Waals surface area contributed by atoms with Gasteiger partial charge < -0.3 is 24.3 Å². The van der Waals surface area contributed by atoms with Gasteiger partial charge in [0, 0.05) is 35.5 Å². The van der Waals surface area contributed by atoms with E-state index in [9.17, 15) is 0 Å². The lowest BCUT2D eigenvalue weighted by Crippen LogP contribution is -2.30. The number of hydrogen-bond donors (Lipinski definition) is 1. The van der Waals surface area contributed by atoms with Gasteiger partial charge in [0.05, 0.1) is 26.0 Å². The highest BCUT2D eigenvalue weighted by molar-refractivity contribution is 7.80. The molecule has 7 heteroatoms. The van der Waals surface area contributed by atoms with E-state index in [0.29, 0.717) is 5.11 Å². The number of anilines is 1. The summed E-state index contributed by atoms with van der Waals surface area (Å²) in [6, 6.07) is 25.9. The van der Waals surface area contributed by atoms with Crippen molar-refractivity contribution < 1.29 is 9.47 Å². The van der Waals surface area contributed by atoms with Crippen LogP contribution in [0.15, 0.2) is 91.3 Å². The molecule has 1 saturated heterocycles. The van der Waals surface area contributed by atoms with Gasteiger partial charge in [-0.3, -0.25) is 4.98 Å². The summed E-state index contributed by atoms with van der Waals surface area (Å²) in [7, 11) is 3.34. The maximum absolute atomic E-state index is 5.84. The van der Waals surface area contributed by atoms with E-state index in [1.54, 1.807) is 14.2 Å². The van der Waals surface area contributed by atoms with Gasteiger partial charge in [-0.2, -0.15) is 0 Å². The van der Waals surface area contributed by atoms with Crippen LogP contribution >= 0.6 is 12.2 Å². The molecule has 2 aromatic heterocycles. The van der Waals surface area contributed by atoms with Crippen molar-refractivity contribution in [2.45, 2.75) is 12.1 Å². The van der Waals surface area contributed by atoms with Crippen molar-refractivity contribution in [2.75, 3.05) is 19.1 Å². The summed E-state index contributed by atoms with van der Waals surface area (Å²) in [5.41, 5.74) is 4.01. The van der Waals surface area contributed by atoms with Crippen LogP contribution in [0.5, 0.6) is 11.5 Å². The van der Waals surface area contributed by atoms with E-state index in [1.807, 2.05) is 66.9 Å². The van der Waals surface area contributed by atoms with Crippen molar-refractivity contribution in [1.82, 2.24) is 14.9 Å². The van der Waals surface area contributed by atoms with Crippen LogP contribution in [0, 0.1) is 0 Å². The number of aromatic nitrogens is 2. The SMILES string of the molecule is COc1ccc(N2C(=S)NC(c3ccccn3)C2c2cccn2-c2cccc(OC)c2)cc1. The van der Waals surface area contributed by atoms with E-state index in [0.717, 1.165) is 34.3 Å². The molecule has 5 rings (SSSR count). The summed E-state index contributed by atoms with van der Waals surface area (Å²) in [6.07, 6.45) is 3.88. The molecular formula is C26H24N4O2S. The van der Waals surface area contributed by atoms with Crippen LogP contribution in [0.2, 0.25) is 0 Å². The third kappa shape index (κ3) is 3.91. The van der Waals surface area contributed by atoms with Crippen LogP contribution in [0.1, 0.15) is 23.5 Å². The molecule has 0 radical (unpaired) electrons. The third-order valence-corrected chi connectivity index (χ3v) is 6.18.